The second kappa shape index (κ2) is 4.88. The van der Waals surface area contributed by atoms with Crippen molar-refractivity contribution >= 4 is 11.2 Å². The number of nitrogens with zero attached hydrogens (tertiary/aromatic N) is 2. The summed E-state index contributed by atoms with van der Waals surface area (Å²) in [6.07, 6.45) is 3.43. The summed E-state index contributed by atoms with van der Waals surface area (Å²) in [7, 11) is 0. The summed E-state index contributed by atoms with van der Waals surface area (Å²) < 4.78 is 41.1. The molecule has 0 bridgehead atoms. The number of anilines is 1. The lowest BCUT2D eigenvalue weighted by molar-refractivity contribution is 0.496. The van der Waals surface area contributed by atoms with Gasteiger partial charge >= 0.3 is 0 Å². The fraction of sp³-hybridized carbons (Fsp3) is 0.0714. The predicted octanol–water partition coefficient (Wildman–Crippen LogP) is 3.36. The van der Waals surface area contributed by atoms with Crippen molar-refractivity contribution in [2.45, 2.75) is 6.54 Å². The zero-order chi connectivity index (χ0) is 14.1. The van der Waals surface area contributed by atoms with E-state index in [1.807, 2.05) is 18.2 Å². The molecule has 2 heterocycles. The molecule has 0 saturated carbocycles. The summed E-state index contributed by atoms with van der Waals surface area (Å²) in [6.45, 7) is 0.259. The normalized spacial score (nSPS) is 10.9. The van der Waals surface area contributed by atoms with Crippen molar-refractivity contribution in [3.05, 3.63) is 65.7 Å². The highest BCUT2D eigenvalue weighted by molar-refractivity contribution is 5.55. The van der Waals surface area contributed by atoms with Gasteiger partial charge in [0.05, 0.1) is 17.4 Å². The van der Waals surface area contributed by atoms with Crippen molar-refractivity contribution in [3.63, 3.8) is 0 Å². The molecule has 102 valence electrons. The van der Waals surface area contributed by atoms with Crippen molar-refractivity contribution in [2.24, 2.45) is 0 Å². The third kappa shape index (κ3) is 2.20. The lowest BCUT2D eigenvalue weighted by atomic mass is 10.2. The van der Waals surface area contributed by atoms with Gasteiger partial charge in [0.15, 0.2) is 11.6 Å². The molecule has 0 aliphatic carbocycles. The number of hydrogen-bond acceptors (Lipinski definition) is 2. The molecule has 0 radical (unpaired) electrons. The molecule has 0 aliphatic heterocycles. The first-order valence-corrected chi connectivity index (χ1v) is 5.95. The maximum Gasteiger partial charge on any atom is 0.161 e. The van der Waals surface area contributed by atoms with Gasteiger partial charge in [-0.3, -0.25) is 0 Å². The number of aromatic nitrogens is 2. The molecule has 0 unspecified atom stereocenters. The Kier molecular flexibility index (Phi) is 3.06. The van der Waals surface area contributed by atoms with Crippen molar-refractivity contribution in [1.29, 1.82) is 0 Å². The molecule has 0 saturated heterocycles. The van der Waals surface area contributed by atoms with Gasteiger partial charge in [0.2, 0.25) is 0 Å². The summed E-state index contributed by atoms with van der Waals surface area (Å²) in [5, 5.41) is 6.87. The van der Waals surface area contributed by atoms with Crippen molar-refractivity contribution in [3.8, 4) is 0 Å². The predicted molar refractivity (Wildman–Crippen MR) is 68.8 cm³/mol. The van der Waals surface area contributed by atoms with E-state index >= 15 is 0 Å². The van der Waals surface area contributed by atoms with Gasteiger partial charge in [-0.25, -0.2) is 17.7 Å². The topological polar surface area (TPSA) is 29.3 Å². The number of pyridine rings is 1. The van der Waals surface area contributed by atoms with E-state index in [9.17, 15) is 13.2 Å². The highest BCUT2D eigenvalue weighted by Gasteiger charge is 2.10. The smallest absolute Gasteiger partial charge is 0.161 e. The van der Waals surface area contributed by atoms with Crippen LogP contribution in [0.3, 0.4) is 0 Å². The summed E-state index contributed by atoms with van der Waals surface area (Å²) >= 11 is 0. The minimum Gasteiger partial charge on any atom is -0.378 e. The largest absolute Gasteiger partial charge is 0.378 e. The van der Waals surface area contributed by atoms with Gasteiger partial charge in [0.25, 0.3) is 0 Å². The molecule has 0 amide bonds. The van der Waals surface area contributed by atoms with Crippen LogP contribution in [0.4, 0.5) is 18.9 Å². The van der Waals surface area contributed by atoms with E-state index in [1.54, 1.807) is 16.9 Å². The van der Waals surface area contributed by atoms with E-state index in [4.69, 9.17) is 0 Å². The average molecular weight is 277 g/mol. The molecule has 1 aromatic carbocycles. The van der Waals surface area contributed by atoms with Crippen LogP contribution in [0.25, 0.3) is 5.52 Å². The Labute approximate surface area is 112 Å². The van der Waals surface area contributed by atoms with E-state index in [-0.39, 0.29) is 12.2 Å². The molecule has 6 heteroatoms. The Morgan fingerprint density at radius 3 is 2.70 bits per heavy atom. The van der Waals surface area contributed by atoms with E-state index in [2.05, 4.69) is 10.4 Å². The van der Waals surface area contributed by atoms with Crippen LogP contribution in [0.5, 0.6) is 0 Å². The monoisotopic (exact) mass is 277 g/mol. The minimum absolute atomic E-state index is 0.0841. The number of benzene rings is 1. The lowest BCUT2D eigenvalue weighted by Gasteiger charge is -2.07. The molecule has 0 spiro atoms. The van der Waals surface area contributed by atoms with Crippen LogP contribution in [0.2, 0.25) is 0 Å². The number of rotatable bonds is 3. The molecule has 0 fully saturated rings. The average Bonchev–Trinajstić information content (AvgIpc) is 2.85. The van der Waals surface area contributed by atoms with E-state index in [0.29, 0.717) is 6.07 Å². The van der Waals surface area contributed by atoms with Gasteiger partial charge in [-0.1, -0.05) is 6.07 Å². The standard InChI is InChI=1S/C14H10F3N3/c15-10-5-12(17)13(6-11(10)16)18-7-9-8-19-20-4-2-1-3-14(9)20/h1-6,8,18H,7H2. The fourth-order valence-corrected chi connectivity index (χ4v) is 1.97. The number of nitrogens with one attached hydrogen (secondary N) is 1. The summed E-state index contributed by atoms with van der Waals surface area (Å²) in [6, 6.07) is 6.89. The van der Waals surface area contributed by atoms with E-state index < -0.39 is 17.5 Å². The molecule has 2 aromatic heterocycles. The third-order valence-corrected chi connectivity index (χ3v) is 2.99. The van der Waals surface area contributed by atoms with Gasteiger partial charge < -0.3 is 5.32 Å². The zero-order valence-corrected chi connectivity index (χ0v) is 10.3. The van der Waals surface area contributed by atoms with Crippen LogP contribution in [0, 0.1) is 17.5 Å². The highest BCUT2D eigenvalue weighted by Crippen LogP contribution is 2.20. The number of fused-ring (bicyclic) bond motifs is 1. The maximum atomic E-state index is 13.5. The number of halogens is 3. The fourth-order valence-electron chi connectivity index (χ4n) is 1.97. The first kappa shape index (κ1) is 12.5. The van der Waals surface area contributed by atoms with Crippen LogP contribution in [-0.4, -0.2) is 9.61 Å². The van der Waals surface area contributed by atoms with E-state index in [1.165, 1.54) is 0 Å². The second-order valence-electron chi connectivity index (χ2n) is 4.30. The maximum absolute atomic E-state index is 13.5. The van der Waals surface area contributed by atoms with Crippen molar-refractivity contribution < 1.29 is 13.2 Å². The van der Waals surface area contributed by atoms with Gasteiger partial charge in [0, 0.05) is 30.4 Å². The van der Waals surface area contributed by atoms with Gasteiger partial charge in [-0.15, -0.1) is 0 Å². The first-order valence-electron chi connectivity index (χ1n) is 5.95. The molecular weight excluding hydrogens is 267 g/mol. The third-order valence-electron chi connectivity index (χ3n) is 2.99. The van der Waals surface area contributed by atoms with Crippen molar-refractivity contribution in [2.75, 3.05) is 5.32 Å². The summed E-state index contributed by atoms with van der Waals surface area (Å²) in [5.74, 6) is -3.13. The molecule has 3 aromatic rings. The van der Waals surface area contributed by atoms with Crippen LogP contribution < -0.4 is 5.32 Å². The Hall–Kier alpha value is -2.50. The summed E-state index contributed by atoms with van der Waals surface area (Å²) in [5.41, 5.74) is 1.61. The SMILES string of the molecule is Fc1cc(F)c(NCc2cnn3ccccc23)cc1F. The quantitative estimate of drug-likeness (QED) is 0.744. The molecule has 3 rings (SSSR count). The van der Waals surface area contributed by atoms with Gasteiger partial charge in [-0.05, 0) is 12.1 Å². The molecule has 3 nitrogen and oxygen atoms in total. The number of hydrogen-bond donors (Lipinski definition) is 1. The van der Waals surface area contributed by atoms with Crippen LogP contribution >= 0.6 is 0 Å². The molecule has 1 N–H and O–H groups in total. The Morgan fingerprint density at radius 2 is 1.85 bits per heavy atom. The van der Waals surface area contributed by atoms with Crippen LogP contribution in [0.15, 0.2) is 42.7 Å². The molecule has 0 atom stereocenters. The van der Waals surface area contributed by atoms with Crippen molar-refractivity contribution in [1.82, 2.24) is 9.61 Å². The minimum atomic E-state index is -1.20. The molecule has 20 heavy (non-hydrogen) atoms. The highest BCUT2D eigenvalue weighted by atomic mass is 19.2. The van der Waals surface area contributed by atoms with Crippen LogP contribution in [0.1, 0.15) is 5.56 Å². The van der Waals surface area contributed by atoms with E-state index in [0.717, 1.165) is 17.1 Å². The Bertz CT molecular complexity index is 767. The Morgan fingerprint density at radius 1 is 1.05 bits per heavy atom. The van der Waals surface area contributed by atoms with Gasteiger partial charge in [0.1, 0.15) is 5.82 Å². The lowest BCUT2D eigenvalue weighted by Crippen LogP contribution is -2.03. The summed E-state index contributed by atoms with van der Waals surface area (Å²) in [4.78, 5) is 0. The molecular formula is C14H10F3N3. The zero-order valence-electron chi connectivity index (χ0n) is 10.3. The van der Waals surface area contributed by atoms with Crippen LogP contribution in [-0.2, 0) is 6.54 Å². The van der Waals surface area contributed by atoms with Gasteiger partial charge in [-0.2, -0.15) is 5.10 Å². The molecule has 0 aliphatic rings. The Balaban J connectivity index is 1.85. The second-order valence-corrected chi connectivity index (χ2v) is 4.30. The first-order chi connectivity index (χ1) is 9.65.